The van der Waals surface area contributed by atoms with Gasteiger partial charge in [-0.15, -0.1) is 0 Å². The van der Waals surface area contributed by atoms with Crippen LogP contribution in [0.4, 0.5) is 0 Å². The molecular weight excluding hydrogens is 202 g/mol. The Bertz CT molecular complexity index is 289. The molecule has 0 aromatic heterocycles. The van der Waals surface area contributed by atoms with Gasteiger partial charge >= 0.3 is 0 Å². The van der Waals surface area contributed by atoms with E-state index in [1.165, 1.54) is 0 Å². The highest BCUT2D eigenvalue weighted by Gasteiger charge is 2.39. The van der Waals surface area contributed by atoms with E-state index < -0.39 is 5.54 Å². The molecule has 16 heavy (non-hydrogen) atoms. The summed E-state index contributed by atoms with van der Waals surface area (Å²) in [4.78, 5) is 14.0. The van der Waals surface area contributed by atoms with E-state index in [0.29, 0.717) is 25.4 Å². The Morgan fingerprint density at radius 3 is 2.69 bits per heavy atom. The SMILES string of the molecule is CCCC(C)(N)C(=O)N(CCC#N)C1CC1. The molecule has 1 aliphatic carbocycles. The average molecular weight is 223 g/mol. The van der Waals surface area contributed by atoms with Crippen molar-refractivity contribution < 1.29 is 4.79 Å². The van der Waals surface area contributed by atoms with Gasteiger partial charge in [-0.2, -0.15) is 5.26 Å². The van der Waals surface area contributed by atoms with E-state index in [-0.39, 0.29) is 5.91 Å². The van der Waals surface area contributed by atoms with Crippen molar-refractivity contribution in [3.8, 4) is 6.07 Å². The lowest BCUT2D eigenvalue weighted by Gasteiger charge is -2.31. The van der Waals surface area contributed by atoms with Crippen molar-refractivity contribution in [1.29, 1.82) is 5.26 Å². The van der Waals surface area contributed by atoms with Crippen molar-refractivity contribution in [2.75, 3.05) is 6.54 Å². The first-order chi connectivity index (χ1) is 7.53. The van der Waals surface area contributed by atoms with Gasteiger partial charge in [0.15, 0.2) is 0 Å². The monoisotopic (exact) mass is 223 g/mol. The quantitative estimate of drug-likeness (QED) is 0.740. The fourth-order valence-corrected chi connectivity index (χ4v) is 1.96. The van der Waals surface area contributed by atoms with Crippen molar-refractivity contribution >= 4 is 5.91 Å². The molecule has 0 aromatic rings. The summed E-state index contributed by atoms with van der Waals surface area (Å²) in [6.45, 7) is 4.34. The molecule has 0 spiro atoms. The van der Waals surface area contributed by atoms with Crippen molar-refractivity contribution in [2.24, 2.45) is 5.73 Å². The van der Waals surface area contributed by atoms with E-state index in [1.807, 2.05) is 6.92 Å². The summed E-state index contributed by atoms with van der Waals surface area (Å²) in [6, 6.07) is 2.42. The van der Waals surface area contributed by atoms with Crippen LogP contribution in [0, 0.1) is 11.3 Å². The topological polar surface area (TPSA) is 70.1 Å². The molecule has 1 saturated carbocycles. The van der Waals surface area contributed by atoms with Crippen LogP contribution >= 0.6 is 0 Å². The van der Waals surface area contributed by atoms with Crippen molar-refractivity contribution in [3.05, 3.63) is 0 Å². The van der Waals surface area contributed by atoms with Gasteiger partial charge in [-0.05, 0) is 26.2 Å². The number of amides is 1. The number of hydrogen-bond acceptors (Lipinski definition) is 3. The standard InChI is InChI=1S/C12H21N3O/c1-3-7-12(2,14)11(16)15(9-4-8-13)10-5-6-10/h10H,3-7,9,14H2,1-2H3. The molecule has 4 nitrogen and oxygen atoms in total. The van der Waals surface area contributed by atoms with E-state index in [1.54, 1.807) is 11.8 Å². The number of nitriles is 1. The first-order valence-electron chi connectivity index (χ1n) is 6.00. The fourth-order valence-electron chi connectivity index (χ4n) is 1.96. The molecule has 1 atom stereocenters. The number of carbonyl (C=O) groups is 1. The number of hydrogen-bond donors (Lipinski definition) is 1. The minimum Gasteiger partial charge on any atom is -0.337 e. The smallest absolute Gasteiger partial charge is 0.242 e. The molecule has 2 N–H and O–H groups in total. The lowest BCUT2D eigenvalue weighted by atomic mass is 9.95. The number of rotatable bonds is 6. The van der Waals surface area contributed by atoms with Gasteiger partial charge in [-0.1, -0.05) is 13.3 Å². The summed E-state index contributed by atoms with van der Waals surface area (Å²) >= 11 is 0. The Balaban J connectivity index is 2.63. The predicted octanol–water partition coefficient (Wildman–Crippen LogP) is 1.41. The van der Waals surface area contributed by atoms with Crippen LogP contribution in [0.25, 0.3) is 0 Å². The summed E-state index contributed by atoms with van der Waals surface area (Å²) < 4.78 is 0. The van der Waals surface area contributed by atoms with Crippen LogP contribution in [-0.4, -0.2) is 28.9 Å². The minimum absolute atomic E-state index is 0.00657. The molecule has 1 amide bonds. The normalized spacial score (nSPS) is 18.6. The average Bonchev–Trinajstić information content (AvgIpc) is 3.02. The van der Waals surface area contributed by atoms with Crippen LogP contribution in [0.2, 0.25) is 0 Å². The second-order valence-electron chi connectivity index (χ2n) is 4.81. The van der Waals surface area contributed by atoms with Gasteiger partial charge in [0.1, 0.15) is 0 Å². The van der Waals surface area contributed by atoms with Gasteiger partial charge in [0, 0.05) is 12.6 Å². The zero-order valence-electron chi connectivity index (χ0n) is 10.2. The zero-order chi connectivity index (χ0) is 12.2. The molecule has 0 radical (unpaired) electrons. The van der Waals surface area contributed by atoms with Crippen LogP contribution in [0.15, 0.2) is 0 Å². The Kier molecular flexibility index (Phi) is 4.31. The third kappa shape index (κ3) is 3.21. The molecule has 90 valence electrons. The van der Waals surface area contributed by atoms with Crippen LogP contribution in [0.1, 0.15) is 46.0 Å². The van der Waals surface area contributed by atoms with E-state index in [2.05, 4.69) is 6.07 Å². The van der Waals surface area contributed by atoms with E-state index in [9.17, 15) is 4.79 Å². The molecule has 4 heteroatoms. The maximum atomic E-state index is 12.2. The van der Waals surface area contributed by atoms with Gasteiger partial charge in [0.05, 0.1) is 18.0 Å². The second kappa shape index (κ2) is 5.31. The lowest BCUT2D eigenvalue weighted by molar-refractivity contribution is -0.137. The van der Waals surface area contributed by atoms with E-state index in [0.717, 1.165) is 19.3 Å². The molecule has 1 aliphatic rings. The van der Waals surface area contributed by atoms with E-state index in [4.69, 9.17) is 11.0 Å². The number of nitrogens with two attached hydrogens (primary N) is 1. The highest BCUT2D eigenvalue weighted by molar-refractivity contribution is 5.86. The Morgan fingerprint density at radius 1 is 1.62 bits per heavy atom. The molecule has 0 saturated heterocycles. The first-order valence-corrected chi connectivity index (χ1v) is 6.00. The van der Waals surface area contributed by atoms with Gasteiger partial charge < -0.3 is 10.6 Å². The Hall–Kier alpha value is -1.08. The summed E-state index contributed by atoms with van der Waals surface area (Å²) in [7, 11) is 0. The third-order valence-electron chi connectivity index (χ3n) is 2.97. The van der Waals surface area contributed by atoms with Crippen LogP contribution in [-0.2, 0) is 4.79 Å². The van der Waals surface area contributed by atoms with Crippen molar-refractivity contribution in [2.45, 2.75) is 57.5 Å². The first kappa shape index (κ1) is 13.0. The molecular formula is C12H21N3O. The molecule has 1 unspecified atom stereocenters. The second-order valence-corrected chi connectivity index (χ2v) is 4.81. The minimum atomic E-state index is -0.771. The highest BCUT2D eigenvalue weighted by Crippen LogP contribution is 2.29. The third-order valence-corrected chi connectivity index (χ3v) is 2.97. The summed E-state index contributed by atoms with van der Waals surface area (Å²) in [5.41, 5.74) is 5.26. The van der Waals surface area contributed by atoms with Crippen molar-refractivity contribution in [3.63, 3.8) is 0 Å². The summed E-state index contributed by atoms with van der Waals surface area (Å²) in [6.07, 6.45) is 4.10. The molecule has 1 fully saturated rings. The molecule has 0 aliphatic heterocycles. The lowest BCUT2D eigenvalue weighted by Crippen LogP contribution is -2.54. The van der Waals surface area contributed by atoms with Gasteiger partial charge in [-0.25, -0.2) is 0 Å². The predicted molar refractivity (Wildman–Crippen MR) is 62.5 cm³/mol. The molecule has 1 rings (SSSR count). The van der Waals surface area contributed by atoms with Crippen LogP contribution < -0.4 is 5.73 Å². The molecule has 0 aromatic carbocycles. The van der Waals surface area contributed by atoms with Gasteiger partial charge in [0.25, 0.3) is 0 Å². The van der Waals surface area contributed by atoms with Gasteiger partial charge in [0.2, 0.25) is 5.91 Å². The largest absolute Gasteiger partial charge is 0.337 e. The fraction of sp³-hybridized carbons (Fsp3) is 0.833. The summed E-state index contributed by atoms with van der Waals surface area (Å²) in [5, 5.41) is 8.59. The zero-order valence-corrected chi connectivity index (χ0v) is 10.2. The number of nitrogens with zero attached hydrogens (tertiary/aromatic N) is 2. The maximum absolute atomic E-state index is 12.2. The maximum Gasteiger partial charge on any atom is 0.242 e. The van der Waals surface area contributed by atoms with Gasteiger partial charge in [-0.3, -0.25) is 4.79 Å². The highest BCUT2D eigenvalue weighted by atomic mass is 16.2. The van der Waals surface area contributed by atoms with E-state index >= 15 is 0 Å². The Morgan fingerprint density at radius 2 is 2.25 bits per heavy atom. The number of carbonyl (C=O) groups excluding carboxylic acids is 1. The molecule has 0 heterocycles. The molecule has 0 bridgehead atoms. The van der Waals surface area contributed by atoms with Crippen molar-refractivity contribution in [1.82, 2.24) is 4.90 Å². The Labute approximate surface area is 97.4 Å². The van der Waals surface area contributed by atoms with Crippen LogP contribution in [0.3, 0.4) is 0 Å². The van der Waals surface area contributed by atoms with Crippen LogP contribution in [0.5, 0.6) is 0 Å². The summed E-state index contributed by atoms with van der Waals surface area (Å²) in [5.74, 6) is 0.00657.